The van der Waals surface area contributed by atoms with E-state index in [0.29, 0.717) is 0 Å². The molecule has 0 radical (unpaired) electrons. The molecule has 15 heavy (non-hydrogen) atoms. The first-order valence-corrected chi connectivity index (χ1v) is 6.87. The number of nitrogens with one attached hydrogen (secondary N) is 1. The van der Waals surface area contributed by atoms with Crippen molar-refractivity contribution in [1.29, 1.82) is 0 Å². The van der Waals surface area contributed by atoms with E-state index in [0.717, 1.165) is 18.4 Å². The second-order valence-corrected chi connectivity index (χ2v) is 5.07. The van der Waals surface area contributed by atoms with Gasteiger partial charge in [0.25, 0.3) is 0 Å². The monoisotopic (exact) mass is 213 g/mol. The number of hydrogen-bond donors (Lipinski definition) is 1. The standard InChI is InChI=1S/C14H31N/c1-5-6-7-8-9-10-11-13(2)14(3)12-15-4/h13-15H,5-12H2,1-4H3. The van der Waals surface area contributed by atoms with Crippen molar-refractivity contribution in [3.8, 4) is 0 Å². The molecule has 0 aliphatic rings. The predicted octanol–water partition coefficient (Wildman–Crippen LogP) is 4.23. The Labute approximate surface area is 97.0 Å². The van der Waals surface area contributed by atoms with Crippen molar-refractivity contribution in [1.82, 2.24) is 5.32 Å². The maximum Gasteiger partial charge on any atom is -0.00236 e. The predicted molar refractivity (Wildman–Crippen MR) is 70.2 cm³/mol. The lowest BCUT2D eigenvalue weighted by molar-refractivity contribution is 0.342. The van der Waals surface area contributed by atoms with Crippen molar-refractivity contribution in [3.05, 3.63) is 0 Å². The molecular weight excluding hydrogens is 182 g/mol. The lowest BCUT2D eigenvalue weighted by Gasteiger charge is -2.19. The quantitative estimate of drug-likeness (QED) is 0.536. The minimum absolute atomic E-state index is 0.825. The third-order valence-corrected chi connectivity index (χ3v) is 3.51. The SMILES string of the molecule is CCCCCCCCC(C)C(C)CNC. The summed E-state index contributed by atoms with van der Waals surface area (Å²) in [5, 5.41) is 3.27. The summed E-state index contributed by atoms with van der Waals surface area (Å²) in [6.45, 7) is 8.20. The summed E-state index contributed by atoms with van der Waals surface area (Å²) in [6, 6.07) is 0. The summed E-state index contributed by atoms with van der Waals surface area (Å²) in [4.78, 5) is 0. The Bertz CT molecular complexity index is 123. The van der Waals surface area contributed by atoms with E-state index in [4.69, 9.17) is 0 Å². The fourth-order valence-electron chi connectivity index (χ4n) is 2.05. The zero-order valence-electron chi connectivity index (χ0n) is 11.3. The zero-order valence-corrected chi connectivity index (χ0v) is 11.3. The minimum atomic E-state index is 0.825. The molecule has 0 aromatic carbocycles. The lowest BCUT2D eigenvalue weighted by Crippen LogP contribution is -2.21. The zero-order chi connectivity index (χ0) is 11.5. The minimum Gasteiger partial charge on any atom is -0.319 e. The third kappa shape index (κ3) is 8.92. The summed E-state index contributed by atoms with van der Waals surface area (Å²) < 4.78 is 0. The largest absolute Gasteiger partial charge is 0.319 e. The summed E-state index contributed by atoms with van der Waals surface area (Å²) in [7, 11) is 2.05. The van der Waals surface area contributed by atoms with Gasteiger partial charge in [-0.15, -0.1) is 0 Å². The molecular formula is C14H31N. The van der Waals surface area contributed by atoms with Gasteiger partial charge in [-0.3, -0.25) is 0 Å². The normalized spacial score (nSPS) is 15.2. The van der Waals surface area contributed by atoms with Crippen molar-refractivity contribution in [2.75, 3.05) is 13.6 Å². The maximum absolute atomic E-state index is 3.27. The third-order valence-electron chi connectivity index (χ3n) is 3.51. The van der Waals surface area contributed by atoms with Crippen LogP contribution in [-0.4, -0.2) is 13.6 Å². The van der Waals surface area contributed by atoms with E-state index >= 15 is 0 Å². The van der Waals surface area contributed by atoms with Crippen molar-refractivity contribution in [2.45, 2.75) is 65.7 Å². The molecule has 1 N–H and O–H groups in total. The van der Waals surface area contributed by atoms with E-state index in [1.807, 2.05) is 7.05 Å². The van der Waals surface area contributed by atoms with E-state index < -0.39 is 0 Å². The van der Waals surface area contributed by atoms with Gasteiger partial charge in [0, 0.05) is 0 Å². The highest BCUT2D eigenvalue weighted by molar-refractivity contribution is 4.63. The highest BCUT2D eigenvalue weighted by Crippen LogP contribution is 2.18. The summed E-state index contributed by atoms with van der Waals surface area (Å²) in [5.74, 6) is 1.70. The van der Waals surface area contributed by atoms with Crippen LogP contribution in [0.1, 0.15) is 65.7 Å². The average Bonchev–Trinajstić information content (AvgIpc) is 2.23. The van der Waals surface area contributed by atoms with Gasteiger partial charge in [-0.2, -0.15) is 0 Å². The molecule has 1 nitrogen and oxygen atoms in total. The Balaban J connectivity index is 3.26. The Morgan fingerprint density at radius 3 is 2.07 bits per heavy atom. The molecule has 0 saturated carbocycles. The first-order valence-electron chi connectivity index (χ1n) is 6.87. The van der Waals surface area contributed by atoms with Crippen molar-refractivity contribution in [2.24, 2.45) is 11.8 Å². The van der Waals surface area contributed by atoms with Gasteiger partial charge in [-0.05, 0) is 25.4 Å². The molecule has 2 unspecified atom stereocenters. The van der Waals surface area contributed by atoms with Gasteiger partial charge >= 0.3 is 0 Å². The number of unbranched alkanes of at least 4 members (excludes halogenated alkanes) is 5. The molecule has 0 rings (SSSR count). The topological polar surface area (TPSA) is 12.0 Å². The molecule has 0 aliphatic carbocycles. The second-order valence-electron chi connectivity index (χ2n) is 5.07. The van der Waals surface area contributed by atoms with Gasteiger partial charge < -0.3 is 5.32 Å². The van der Waals surface area contributed by atoms with Crippen molar-refractivity contribution >= 4 is 0 Å². The van der Waals surface area contributed by atoms with Crippen LogP contribution in [-0.2, 0) is 0 Å². The van der Waals surface area contributed by atoms with Crippen LogP contribution in [0.3, 0.4) is 0 Å². The Kier molecular flexibility index (Phi) is 10.4. The first-order chi connectivity index (χ1) is 7.22. The molecule has 0 aromatic rings. The van der Waals surface area contributed by atoms with Crippen LogP contribution in [0, 0.1) is 11.8 Å². The van der Waals surface area contributed by atoms with Gasteiger partial charge in [0.05, 0.1) is 0 Å². The number of rotatable bonds is 10. The van der Waals surface area contributed by atoms with Crippen molar-refractivity contribution in [3.63, 3.8) is 0 Å². The summed E-state index contributed by atoms with van der Waals surface area (Å²) in [5.41, 5.74) is 0. The summed E-state index contributed by atoms with van der Waals surface area (Å²) >= 11 is 0. The molecule has 0 spiro atoms. The highest BCUT2D eigenvalue weighted by Gasteiger charge is 2.10. The van der Waals surface area contributed by atoms with Crippen LogP contribution < -0.4 is 5.32 Å². The van der Waals surface area contributed by atoms with Gasteiger partial charge in [0.2, 0.25) is 0 Å². The van der Waals surface area contributed by atoms with E-state index in [-0.39, 0.29) is 0 Å². The van der Waals surface area contributed by atoms with Crippen LogP contribution in [0.5, 0.6) is 0 Å². The van der Waals surface area contributed by atoms with Crippen molar-refractivity contribution < 1.29 is 0 Å². The van der Waals surface area contributed by atoms with Gasteiger partial charge in [0.15, 0.2) is 0 Å². The summed E-state index contributed by atoms with van der Waals surface area (Å²) in [6.07, 6.45) is 9.95. The molecule has 0 bridgehead atoms. The lowest BCUT2D eigenvalue weighted by atomic mass is 9.90. The van der Waals surface area contributed by atoms with Crippen LogP contribution in [0.25, 0.3) is 0 Å². The molecule has 0 heterocycles. The van der Waals surface area contributed by atoms with E-state index in [1.54, 1.807) is 0 Å². The van der Waals surface area contributed by atoms with Crippen LogP contribution in [0.15, 0.2) is 0 Å². The first kappa shape index (κ1) is 15.0. The molecule has 0 aliphatic heterocycles. The fourth-order valence-corrected chi connectivity index (χ4v) is 2.05. The molecule has 0 amide bonds. The van der Waals surface area contributed by atoms with Crippen LogP contribution in [0.2, 0.25) is 0 Å². The average molecular weight is 213 g/mol. The molecule has 0 aromatic heterocycles. The van der Waals surface area contributed by atoms with E-state index in [1.165, 1.54) is 44.9 Å². The van der Waals surface area contributed by atoms with Crippen LogP contribution in [0.4, 0.5) is 0 Å². The molecule has 0 saturated heterocycles. The molecule has 1 heteroatoms. The second kappa shape index (κ2) is 10.5. The molecule has 2 atom stereocenters. The van der Waals surface area contributed by atoms with Gasteiger partial charge in [0.1, 0.15) is 0 Å². The van der Waals surface area contributed by atoms with E-state index in [9.17, 15) is 0 Å². The Hall–Kier alpha value is -0.0400. The smallest absolute Gasteiger partial charge is 0.00236 e. The van der Waals surface area contributed by atoms with E-state index in [2.05, 4.69) is 26.1 Å². The van der Waals surface area contributed by atoms with Crippen LogP contribution >= 0.6 is 0 Å². The Morgan fingerprint density at radius 2 is 1.47 bits per heavy atom. The number of hydrogen-bond acceptors (Lipinski definition) is 1. The molecule has 92 valence electrons. The highest BCUT2D eigenvalue weighted by atomic mass is 14.8. The Morgan fingerprint density at radius 1 is 0.867 bits per heavy atom. The molecule has 0 fully saturated rings. The maximum atomic E-state index is 3.27. The fraction of sp³-hybridized carbons (Fsp3) is 1.00. The van der Waals surface area contributed by atoms with Gasteiger partial charge in [-0.1, -0.05) is 65.7 Å². The van der Waals surface area contributed by atoms with Gasteiger partial charge in [-0.25, -0.2) is 0 Å².